The van der Waals surface area contributed by atoms with E-state index in [0.29, 0.717) is 18.8 Å². The lowest BCUT2D eigenvalue weighted by Gasteiger charge is -2.35. The van der Waals surface area contributed by atoms with Gasteiger partial charge in [0.1, 0.15) is 6.54 Å². The second-order valence-corrected chi connectivity index (χ2v) is 5.30. The summed E-state index contributed by atoms with van der Waals surface area (Å²) in [7, 11) is 0. The summed E-state index contributed by atoms with van der Waals surface area (Å²) in [4.78, 5) is 14.1. The number of carbonyl (C=O) groups excluding carboxylic acids is 1. The Hall–Kier alpha value is -1.56. The molecule has 0 aliphatic carbocycles. The molecule has 19 heavy (non-hydrogen) atoms. The van der Waals surface area contributed by atoms with Crippen LogP contribution in [0, 0.1) is 13.8 Å². The van der Waals surface area contributed by atoms with Gasteiger partial charge in [0.2, 0.25) is 5.91 Å². The summed E-state index contributed by atoms with van der Waals surface area (Å²) < 4.78 is 7.31. The van der Waals surface area contributed by atoms with Crippen molar-refractivity contribution in [3.63, 3.8) is 0 Å². The smallest absolute Gasteiger partial charge is 0.244 e. The minimum atomic E-state index is 0.0626. The minimum Gasteiger partial charge on any atom is -0.396 e. The standard InChI is InChI=1S/C13H22N4O2/c1-8-5-16(6-9(2)19-8)12(18)7-17-11(4)13(14)10(3)15-17/h8-9H,5-7,14H2,1-4H3/t8-,9+. The highest BCUT2D eigenvalue weighted by Crippen LogP contribution is 2.16. The van der Waals surface area contributed by atoms with Crippen molar-refractivity contribution >= 4 is 11.6 Å². The summed E-state index contributed by atoms with van der Waals surface area (Å²) in [5.74, 6) is 0.0626. The normalized spacial score (nSPS) is 23.7. The lowest BCUT2D eigenvalue weighted by atomic mass is 10.2. The predicted molar refractivity (Wildman–Crippen MR) is 72.7 cm³/mol. The molecule has 1 aromatic rings. The van der Waals surface area contributed by atoms with Crippen molar-refractivity contribution in [2.75, 3.05) is 18.8 Å². The van der Waals surface area contributed by atoms with E-state index in [1.54, 1.807) is 4.68 Å². The zero-order valence-electron chi connectivity index (χ0n) is 12.0. The van der Waals surface area contributed by atoms with Gasteiger partial charge in [0.05, 0.1) is 29.3 Å². The molecule has 6 nitrogen and oxygen atoms in total. The molecule has 2 rings (SSSR count). The molecular formula is C13H22N4O2. The van der Waals surface area contributed by atoms with E-state index in [0.717, 1.165) is 11.4 Å². The number of hydrogen-bond donors (Lipinski definition) is 1. The van der Waals surface area contributed by atoms with Crippen LogP contribution < -0.4 is 5.73 Å². The van der Waals surface area contributed by atoms with E-state index in [1.807, 2.05) is 32.6 Å². The van der Waals surface area contributed by atoms with Gasteiger partial charge in [-0.15, -0.1) is 0 Å². The molecule has 0 radical (unpaired) electrons. The van der Waals surface area contributed by atoms with Crippen molar-refractivity contribution in [1.82, 2.24) is 14.7 Å². The van der Waals surface area contributed by atoms with Crippen LogP contribution in [0.1, 0.15) is 25.2 Å². The summed E-state index contributed by atoms with van der Waals surface area (Å²) in [6.07, 6.45) is 0.163. The summed E-state index contributed by atoms with van der Waals surface area (Å²) >= 11 is 0. The van der Waals surface area contributed by atoms with Crippen molar-refractivity contribution in [2.24, 2.45) is 0 Å². The first-order chi connectivity index (χ1) is 8.88. The maximum Gasteiger partial charge on any atom is 0.244 e. The monoisotopic (exact) mass is 266 g/mol. The Morgan fingerprint density at radius 1 is 1.37 bits per heavy atom. The zero-order chi connectivity index (χ0) is 14.2. The van der Waals surface area contributed by atoms with Gasteiger partial charge in [-0.2, -0.15) is 5.10 Å². The number of morpholine rings is 1. The maximum atomic E-state index is 12.3. The van der Waals surface area contributed by atoms with Gasteiger partial charge in [-0.05, 0) is 27.7 Å². The predicted octanol–water partition coefficient (Wildman–Crippen LogP) is 0.718. The molecule has 1 aromatic heterocycles. The number of nitrogen functional groups attached to an aromatic ring is 1. The van der Waals surface area contributed by atoms with Crippen molar-refractivity contribution < 1.29 is 9.53 Å². The minimum absolute atomic E-state index is 0.0626. The Labute approximate surface area is 113 Å². The fraction of sp³-hybridized carbons (Fsp3) is 0.692. The third-order valence-corrected chi connectivity index (χ3v) is 3.49. The Morgan fingerprint density at radius 3 is 2.42 bits per heavy atom. The topological polar surface area (TPSA) is 73.4 Å². The average molecular weight is 266 g/mol. The van der Waals surface area contributed by atoms with Gasteiger partial charge in [0.25, 0.3) is 0 Å². The molecule has 1 saturated heterocycles. The molecule has 0 spiro atoms. The summed E-state index contributed by atoms with van der Waals surface area (Å²) in [6.45, 7) is 9.21. The van der Waals surface area contributed by atoms with Crippen LogP contribution in [0.2, 0.25) is 0 Å². The van der Waals surface area contributed by atoms with Crippen LogP contribution in [0.3, 0.4) is 0 Å². The Balaban J connectivity index is 2.06. The second-order valence-electron chi connectivity index (χ2n) is 5.30. The van der Waals surface area contributed by atoms with Crippen LogP contribution >= 0.6 is 0 Å². The average Bonchev–Trinajstić information content (AvgIpc) is 2.56. The number of carbonyl (C=O) groups is 1. The van der Waals surface area contributed by atoms with Crippen LogP contribution in [0.25, 0.3) is 0 Å². The molecule has 2 atom stereocenters. The van der Waals surface area contributed by atoms with Crippen LogP contribution in [-0.2, 0) is 16.1 Å². The maximum absolute atomic E-state index is 12.3. The lowest BCUT2D eigenvalue weighted by molar-refractivity contribution is -0.144. The van der Waals surface area contributed by atoms with E-state index < -0.39 is 0 Å². The molecule has 1 aliphatic rings. The third-order valence-electron chi connectivity index (χ3n) is 3.49. The fourth-order valence-corrected chi connectivity index (χ4v) is 2.47. The van der Waals surface area contributed by atoms with Crippen LogP contribution in [0.15, 0.2) is 0 Å². The Kier molecular flexibility index (Phi) is 3.80. The molecule has 2 heterocycles. The first kappa shape index (κ1) is 13.9. The largest absolute Gasteiger partial charge is 0.396 e. The van der Waals surface area contributed by atoms with E-state index in [4.69, 9.17) is 10.5 Å². The summed E-state index contributed by atoms with van der Waals surface area (Å²) in [6, 6.07) is 0. The number of amides is 1. The molecule has 0 unspecified atom stereocenters. The van der Waals surface area contributed by atoms with E-state index in [2.05, 4.69) is 5.10 Å². The van der Waals surface area contributed by atoms with Gasteiger partial charge < -0.3 is 15.4 Å². The number of aryl methyl sites for hydroxylation is 1. The molecule has 0 bridgehead atoms. The molecule has 106 valence electrons. The molecule has 2 N–H and O–H groups in total. The summed E-state index contributed by atoms with van der Waals surface area (Å²) in [5, 5.41) is 4.30. The van der Waals surface area contributed by atoms with E-state index >= 15 is 0 Å². The molecule has 1 fully saturated rings. The van der Waals surface area contributed by atoms with Crippen molar-refractivity contribution in [1.29, 1.82) is 0 Å². The van der Waals surface area contributed by atoms with E-state index in [9.17, 15) is 4.79 Å². The second kappa shape index (κ2) is 5.21. The van der Waals surface area contributed by atoms with Crippen LogP contribution in [-0.4, -0.2) is 45.9 Å². The number of nitrogens with zero attached hydrogens (tertiary/aromatic N) is 3. The first-order valence-corrected chi connectivity index (χ1v) is 6.61. The van der Waals surface area contributed by atoms with Gasteiger partial charge in [0.15, 0.2) is 0 Å². The number of anilines is 1. The van der Waals surface area contributed by atoms with Crippen LogP contribution in [0.4, 0.5) is 5.69 Å². The van der Waals surface area contributed by atoms with E-state index in [1.165, 1.54) is 0 Å². The number of aromatic nitrogens is 2. The highest BCUT2D eigenvalue weighted by atomic mass is 16.5. The molecular weight excluding hydrogens is 244 g/mol. The number of hydrogen-bond acceptors (Lipinski definition) is 4. The lowest BCUT2D eigenvalue weighted by Crippen LogP contribution is -2.49. The van der Waals surface area contributed by atoms with Gasteiger partial charge in [-0.3, -0.25) is 9.48 Å². The number of rotatable bonds is 2. The molecule has 1 amide bonds. The van der Waals surface area contributed by atoms with Crippen molar-refractivity contribution in [2.45, 2.75) is 46.4 Å². The highest BCUT2D eigenvalue weighted by Gasteiger charge is 2.26. The summed E-state index contributed by atoms with van der Waals surface area (Å²) in [5.41, 5.74) is 8.16. The molecule has 0 saturated carbocycles. The zero-order valence-corrected chi connectivity index (χ0v) is 12.0. The van der Waals surface area contributed by atoms with Gasteiger partial charge in [-0.1, -0.05) is 0 Å². The van der Waals surface area contributed by atoms with Gasteiger partial charge >= 0.3 is 0 Å². The van der Waals surface area contributed by atoms with Crippen molar-refractivity contribution in [3.05, 3.63) is 11.4 Å². The molecule has 0 aromatic carbocycles. The Bertz CT molecular complexity index is 473. The quantitative estimate of drug-likeness (QED) is 0.856. The molecule has 6 heteroatoms. The third kappa shape index (κ3) is 2.89. The fourth-order valence-electron chi connectivity index (χ4n) is 2.47. The van der Waals surface area contributed by atoms with Gasteiger partial charge in [-0.25, -0.2) is 0 Å². The number of nitrogens with two attached hydrogens (primary N) is 1. The Morgan fingerprint density at radius 2 is 1.95 bits per heavy atom. The van der Waals surface area contributed by atoms with Crippen molar-refractivity contribution in [3.8, 4) is 0 Å². The SMILES string of the molecule is Cc1nn(CC(=O)N2C[C@@H](C)O[C@@H](C)C2)c(C)c1N. The van der Waals surface area contributed by atoms with E-state index in [-0.39, 0.29) is 24.7 Å². The highest BCUT2D eigenvalue weighted by molar-refractivity contribution is 5.76. The first-order valence-electron chi connectivity index (χ1n) is 6.61. The molecule has 1 aliphatic heterocycles. The van der Waals surface area contributed by atoms with Gasteiger partial charge in [0, 0.05) is 13.1 Å². The van der Waals surface area contributed by atoms with Crippen LogP contribution in [0.5, 0.6) is 0 Å². The number of ether oxygens (including phenoxy) is 1.